The van der Waals surface area contributed by atoms with E-state index in [2.05, 4.69) is 41.8 Å². The first kappa shape index (κ1) is 18.1. The molecule has 128 valence electrons. The Kier molecular flexibility index (Phi) is 6.93. The van der Waals surface area contributed by atoms with Crippen LogP contribution >= 0.6 is 11.8 Å². The van der Waals surface area contributed by atoms with Crippen LogP contribution in [0.2, 0.25) is 0 Å². The van der Waals surface area contributed by atoms with Crippen LogP contribution in [0.15, 0.2) is 47.1 Å². The van der Waals surface area contributed by atoms with Crippen LogP contribution in [0.5, 0.6) is 0 Å². The molecule has 0 aliphatic rings. The number of nitrogens with one attached hydrogen (secondary N) is 2. The summed E-state index contributed by atoms with van der Waals surface area (Å²) >= 11 is 1.76. The summed E-state index contributed by atoms with van der Waals surface area (Å²) in [7, 11) is 0. The maximum Gasteiger partial charge on any atom is 0.287 e. The van der Waals surface area contributed by atoms with Gasteiger partial charge in [-0.3, -0.25) is 9.59 Å². The molecule has 0 saturated carbocycles. The van der Waals surface area contributed by atoms with Crippen molar-refractivity contribution in [3.8, 4) is 0 Å². The topological polar surface area (TPSA) is 71.3 Å². The molecule has 0 fully saturated rings. The van der Waals surface area contributed by atoms with Gasteiger partial charge >= 0.3 is 0 Å². The molecule has 1 aromatic carbocycles. The van der Waals surface area contributed by atoms with E-state index in [0.717, 1.165) is 11.5 Å². The quantitative estimate of drug-likeness (QED) is 0.721. The number of hydrogen-bond acceptors (Lipinski definition) is 4. The maximum atomic E-state index is 12.0. The van der Waals surface area contributed by atoms with E-state index in [1.807, 2.05) is 0 Å². The average Bonchev–Trinajstić information content (AvgIpc) is 3.10. The van der Waals surface area contributed by atoms with E-state index >= 15 is 0 Å². The predicted molar refractivity (Wildman–Crippen MR) is 96.0 cm³/mol. The number of carbonyl (C=O) groups is 2. The summed E-state index contributed by atoms with van der Waals surface area (Å²) in [5.41, 5.74) is 2.53. The van der Waals surface area contributed by atoms with Crippen molar-refractivity contribution in [1.82, 2.24) is 10.6 Å². The van der Waals surface area contributed by atoms with E-state index < -0.39 is 11.9 Å². The summed E-state index contributed by atoms with van der Waals surface area (Å²) in [5, 5.41) is 5.43. The van der Waals surface area contributed by atoms with Gasteiger partial charge in [-0.05, 0) is 31.5 Å². The highest BCUT2D eigenvalue weighted by Crippen LogP contribution is 2.12. The van der Waals surface area contributed by atoms with Crippen molar-refractivity contribution in [2.45, 2.75) is 25.6 Å². The summed E-state index contributed by atoms with van der Waals surface area (Å²) in [6, 6.07) is 11.0. The Bertz CT molecular complexity index is 653. The highest BCUT2D eigenvalue weighted by atomic mass is 32.2. The van der Waals surface area contributed by atoms with Crippen LogP contribution in [0.3, 0.4) is 0 Å². The van der Waals surface area contributed by atoms with Crippen LogP contribution in [-0.4, -0.2) is 30.2 Å². The summed E-state index contributed by atoms with van der Waals surface area (Å²) in [5.74, 6) is 1.34. The number of benzene rings is 1. The van der Waals surface area contributed by atoms with E-state index in [1.165, 1.54) is 17.4 Å². The smallest absolute Gasteiger partial charge is 0.287 e. The molecule has 0 spiro atoms. The van der Waals surface area contributed by atoms with Crippen LogP contribution in [0.4, 0.5) is 0 Å². The number of aryl methyl sites for hydroxylation is 1. The minimum Gasteiger partial charge on any atom is -0.459 e. The summed E-state index contributed by atoms with van der Waals surface area (Å²) in [6.45, 7) is 4.28. The molecule has 24 heavy (non-hydrogen) atoms. The molecule has 2 aromatic rings. The third-order valence-corrected chi connectivity index (χ3v) is 4.45. The number of carbonyl (C=O) groups excluding carboxylic acids is 2. The Morgan fingerprint density at radius 1 is 1.21 bits per heavy atom. The molecule has 2 rings (SSSR count). The van der Waals surface area contributed by atoms with Gasteiger partial charge in [0.2, 0.25) is 5.91 Å². The van der Waals surface area contributed by atoms with Crippen LogP contribution < -0.4 is 10.6 Å². The van der Waals surface area contributed by atoms with Gasteiger partial charge < -0.3 is 15.1 Å². The molecule has 0 aliphatic carbocycles. The number of hydrogen-bond donors (Lipinski definition) is 2. The summed E-state index contributed by atoms with van der Waals surface area (Å²) < 4.78 is 4.99. The highest BCUT2D eigenvalue weighted by molar-refractivity contribution is 7.98. The van der Waals surface area contributed by atoms with E-state index in [4.69, 9.17) is 4.42 Å². The van der Waals surface area contributed by atoms with Gasteiger partial charge in [0.05, 0.1) is 6.26 Å². The van der Waals surface area contributed by atoms with E-state index in [9.17, 15) is 9.59 Å². The molecule has 2 amide bonds. The second kappa shape index (κ2) is 9.17. The van der Waals surface area contributed by atoms with Gasteiger partial charge in [0.1, 0.15) is 6.04 Å². The molecule has 0 radical (unpaired) electrons. The van der Waals surface area contributed by atoms with Crippen LogP contribution in [-0.2, 0) is 10.5 Å². The molecule has 2 N–H and O–H groups in total. The van der Waals surface area contributed by atoms with Crippen molar-refractivity contribution in [3.63, 3.8) is 0 Å². The lowest BCUT2D eigenvalue weighted by Crippen LogP contribution is -2.45. The molecular weight excluding hydrogens is 324 g/mol. The van der Waals surface area contributed by atoms with Crippen molar-refractivity contribution in [1.29, 1.82) is 0 Å². The van der Waals surface area contributed by atoms with E-state index in [1.54, 1.807) is 30.8 Å². The van der Waals surface area contributed by atoms with Gasteiger partial charge in [-0.25, -0.2) is 0 Å². The molecule has 0 saturated heterocycles. The third-order valence-electron chi connectivity index (χ3n) is 3.42. The minimum absolute atomic E-state index is 0.198. The molecule has 1 aromatic heterocycles. The summed E-state index contributed by atoms with van der Waals surface area (Å²) in [6.07, 6.45) is 1.42. The van der Waals surface area contributed by atoms with Crippen LogP contribution in [0.25, 0.3) is 0 Å². The van der Waals surface area contributed by atoms with Crippen molar-refractivity contribution >= 4 is 23.6 Å². The van der Waals surface area contributed by atoms with Gasteiger partial charge in [-0.15, -0.1) is 0 Å². The van der Waals surface area contributed by atoms with Crippen LogP contribution in [0, 0.1) is 6.92 Å². The van der Waals surface area contributed by atoms with Gasteiger partial charge in [0.15, 0.2) is 5.76 Å². The zero-order valence-electron chi connectivity index (χ0n) is 13.9. The summed E-state index contributed by atoms with van der Waals surface area (Å²) in [4.78, 5) is 23.7. The number of thioether (sulfide) groups is 1. The predicted octanol–water partition coefficient (Wildman–Crippen LogP) is 2.76. The Balaban J connectivity index is 1.62. The van der Waals surface area contributed by atoms with Gasteiger partial charge in [-0.1, -0.05) is 29.8 Å². The molecule has 0 unspecified atom stereocenters. The second-order valence-corrected chi connectivity index (χ2v) is 6.61. The van der Waals surface area contributed by atoms with Crippen molar-refractivity contribution in [2.75, 3.05) is 12.3 Å². The largest absolute Gasteiger partial charge is 0.459 e. The number of furan rings is 1. The molecule has 1 heterocycles. The fourth-order valence-corrected chi connectivity index (χ4v) is 2.83. The van der Waals surface area contributed by atoms with Gasteiger partial charge in [0, 0.05) is 18.1 Å². The lowest BCUT2D eigenvalue weighted by Gasteiger charge is -2.13. The van der Waals surface area contributed by atoms with E-state index in [0.29, 0.717) is 6.54 Å². The average molecular weight is 346 g/mol. The third kappa shape index (κ3) is 5.77. The van der Waals surface area contributed by atoms with Gasteiger partial charge in [-0.2, -0.15) is 11.8 Å². The van der Waals surface area contributed by atoms with Crippen molar-refractivity contribution in [2.24, 2.45) is 0 Å². The highest BCUT2D eigenvalue weighted by Gasteiger charge is 2.17. The minimum atomic E-state index is -0.607. The fraction of sp³-hybridized carbons (Fsp3) is 0.333. The Labute approximate surface area is 146 Å². The zero-order valence-corrected chi connectivity index (χ0v) is 14.7. The van der Waals surface area contributed by atoms with Crippen molar-refractivity contribution in [3.05, 3.63) is 59.5 Å². The zero-order chi connectivity index (χ0) is 17.4. The number of amides is 2. The van der Waals surface area contributed by atoms with Gasteiger partial charge in [0.25, 0.3) is 5.91 Å². The first-order chi connectivity index (χ1) is 11.6. The Morgan fingerprint density at radius 2 is 1.96 bits per heavy atom. The monoisotopic (exact) mass is 346 g/mol. The Hall–Kier alpha value is -2.21. The molecule has 0 bridgehead atoms. The van der Waals surface area contributed by atoms with Crippen LogP contribution in [0.1, 0.15) is 28.6 Å². The number of rotatable bonds is 8. The lowest BCUT2D eigenvalue weighted by atomic mass is 10.2. The molecule has 1 atom stereocenters. The molecular formula is C18H22N2O3S. The Morgan fingerprint density at radius 3 is 2.62 bits per heavy atom. The SMILES string of the molecule is Cc1ccc(CSCCNC(=O)[C@H](C)NC(=O)c2ccco2)cc1. The first-order valence-electron chi connectivity index (χ1n) is 7.81. The standard InChI is InChI=1S/C18H22N2O3S/c1-13-5-7-15(8-6-13)12-24-11-9-19-17(21)14(2)20-18(22)16-4-3-10-23-16/h3-8,10,14H,9,11-12H2,1-2H3,(H,19,21)(H,20,22)/t14-/m0/s1. The molecule has 0 aliphatic heterocycles. The molecule has 6 heteroatoms. The lowest BCUT2D eigenvalue weighted by molar-refractivity contribution is -0.122. The van der Waals surface area contributed by atoms with E-state index in [-0.39, 0.29) is 11.7 Å². The maximum absolute atomic E-state index is 12.0. The molecule has 5 nitrogen and oxygen atoms in total. The normalized spacial score (nSPS) is 11.8. The second-order valence-electron chi connectivity index (χ2n) is 5.50. The first-order valence-corrected chi connectivity index (χ1v) is 8.97. The fourth-order valence-electron chi connectivity index (χ4n) is 2.01. The van der Waals surface area contributed by atoms with Crippen molar-refractivity contribution < 1.29 is 14.0 Å².